The van der Waals surface area contributed by atoms with Crippen molar-refractivity contribution in [2.75, 3.05) is 56.8 Å². The molecule has 1 aliphatic carbocycles. The number of hydrogen-bond donors (Lipinski definition) is 3. The Morgan fingerprint density at radius 2 is 1.80 bits per heavy atom. The van der Waals surface area contributed by atoms with Crippen LogP contribution in [-0.4, -0.2) is 113 Å². The number of aliphatic hydroxyl groups excluding tert-OH is 1. The van der Waals surface area contributed by atoms with Crippen LogP contribution in [0.1, 0.15) is 81.4 Å². The summed E-state index contributed by atoms with van der Waals surface area (Å²) in [5.74, 6) is 1.39. The fourth-order valence-corrected chi connectivity index (χ4v) is 7.49. The van der Waals surface area contributed by atoms with Gasteiger partial charge < -0.3 is 39.8 Å². The van der Waals surface area contributed by atoms with Crippen molar-refractivity contribution in [1.29, 1.82) is 0 Å². The molecule has 3 fully saturated rings. The second kappa shape index (κ2) is 14.6. The van der Waals surface area contributed by atoms with Crippen molar-refractivity contribution in [2.24, 2.45) is 5.41 Å². The van der Waals surface area contributed by atoms with E-state index in [0.29, 0.717) is 23.9 Å². The molecule has 3 aliphatic heterocycles. The topological polar surface area (TPSA) is 159 Å². The smallest absolute Gasteiger partial charge is 0.410 e. The Kier molecular flexibility index (Phi) is 10.4. The van der Waals surface area contributed by atoms with Crippen molar-refractivity contribution >= 4 is 29.7 Å². The van der Waals surface area contributed by atoms with E-state index in [9.17, 15) is 19.5 Å². The van der Waals surface area contributed by atoms with Crippen molar-refractivity contribution in [3.63, 3.8) is 0 Å². The summed E-state index contributed by atoms with van der Waals surface area (Å²) < 4.78 is 16.4. The molecular formula is C36H51N7O7. The standard InChI is InChI=1S/C36H51N7O7/c1-23(44)42-20-36(21-42)16-26(17-36)38-31-15-28(39-33(40-31)41-11-7-6-8-12-41)32(46)37-18-30(45)29-14-24-9-10-27(49-22-48-5)13-25(24)19-43(29)34(47)50-35(2,3)4/h9-10,13,15,26,29-30,45H,6-8,11-12,14,16-22H2,1-5H3,(H,37,46)(H,38,39,40)/t29-,30+/m0/s1. The van der Waals surface area contributed by atoms with E-state index in [-0.39, 0.29) is 42.9 Å². The Balaban J connectivity index is 1.15. The molecule has 0 unspecified atom stereocenters. The lowest BCUT2D eigenvalue weighted by Crippen LogP contribution is -2.65. The summed E-state index contributed by atoms with van der Waals surface area (Å²) in [4.78, 5) is 53.7. The molecule has 2 atom stereocenters. The normalized spacial score (nSPS) is 20.7. The molecule has 3 amide bonds. The average Bonchev–Trinajstić information content (AvgIpc) is 3.05. The number of likely N-dealkylation sites (tertiary alicyclic amines) is 1. The highest BCUT2D eigenvalue weighted by Crippen LogP contribution is 2.49. The minimum atomic E-state index is -1.09. The number of aromatic nitrogens is 2. The zero-order valence-corrected chi connectivity index (χ0v) is 29.9. The van der Waals surface area contributed by atoms with Crippen LogP contribution in [-0.2, 0) is 27.2 Å². The van der Waals surface area contributed by atoms with Gasteiger partial charge in [0, 0.05) is 70.8 Å². The van der Waals surface area contributed by atoms with Crippen LogP contribution in [0.15, 0.2) is 24.3 Å². The fourth-order valence-electron chi connectivity index (χ4n) is 7.49. The third kappa shape index (κ3) is 8.23. The summed E-state index contributed by atoms with van der Waals surface area (Å²) in [5.41, 5.74) is 1.50. The van der Waals surface area contributed by atoms with Gasteiger partial charge in [0.1, 0.15) is 22.9 Å². The molecule has 1 aromatic carbocycles. The lowest BCUT2D eigenvalue weighted by molar-refractivity contribution is -0.148. The van der Waals surface area contributed by atoms with Crippen molar-refractivity contribution in [2.45, 2.75) is 96.6 Å². The summed E-state index contributed by atoms with van der Waals surface area (Å²) in [6.07, 6.45) is 3.82. The minimum absolute atomic E-state index is 0.0986. The second-order valence-electron chi connectivity index (χ2n) is 15.2. The average molecular weight is 694 g/mol. The van der Waals surface area contributed by atoms with Crippen LogP contribution in [0.25, 0.3) is 0 Å². The number of benzene rings is 1. The van der Waals surface area contributed by atoms with Gasteiger partial charge in [0.05, 0.1) is 12.1 Å². The van der Waals surface area contributed by atoms with Gasteiger partial charge in [-0.05, 0) is 82.6 Å². The number of piperidine rings is 1. The third-order valence-electron chi connectivity index (χ3n) is 10.0. The van der Waals surface area contributed by atoms with E-state index < -0.39 is 29.7 Å². The minimum Gasteiger partial charge on any atom is -0.468 e. The lowest BCUT2D eigenvalue weighted by atomic mass is 9.60. The summed E-state index contributed by atoms with van der Waals surface area (Å²) >= 11 is 0. The maximum Gasteiger partial charge on any atom is 0.410 e. The third-order valence-corrected chi connectivity index (χ3v) is 10.0. The summed E-state index contributed by atoms with van der Waals surface area (Å²) in [6, 6.07) is 6.84. The number of hydrogen-bond acceptors (Lipinski definition) is 11. The number of methoxy groups -OCH3 is 1. The number of ether oxygens (including phenoxy) is 3. The van der Waals surface area contributed by atoms with Crippen LogP contribution < -0.4 is 20.3 Å². The second-order valence-corrected chi connectivity index (χ2v) is 15.2. The van der Waals surface area contributed by atoms with E-state index >= 15 is 0 Å². The molecule has 50 heavy (non-hydrogen) atoms. The van der Waals surface area contributed by atoms with Gasteiger partial charge in [0.25, 0.3) is 5.91 Å². The maximum atomic E-state index is 13.6. The zero-order chi connectivity index (χ0) is 35.6. The van der Waals surface area contributed by atoms with Crippen molar-refractivity contribution in [3.8, 4) is 5.75 Å². The van der Waals surface area contributed by atoms with Gasteiger partial charge in [-0.1, -0.05) is 6.07 Å². The Morgan fingerprint density at radius 1 is 1.06 bits per heavy atom. The highest BCUT2D eigenvalue weighted by atomic mass is 16.7. The molecule has 1 aromatic heterocycles. The fraction of sp³-hybridized carbons (Fsp3) is 0.639. The molecule has 2 aromatic rings. The number of nitrogens with one attached hydrogen (secondary N) is 2. The molecule has 4 aliphatic rings. The molecule has 1 spiro atoms. The highest BCUT2D eigenvalue weighted by molar-refractivity contribution is 5.93. The Hall–Kier alpha value is -4.17. The first kappa shape index (κ1) is 35.6. The predicted octanol–water partition coefficient (Wildman–Crippen LogP) is 3.33. The van der Waals surface area contributed by atoms with Gasteiger partial charge in [-0.25, -0.2) is 9.78 Å². The quantitative estimate of drug-likeness (QED) is 0.314. The molecule has 4 heterocycles. The van der Waals surface area contributed by atoms with Crippen LogP contribution in [0.5, 0.6) is 5.75 Å². The molecule has 272 valence electrons. The molecule has 6 rings (SSSR count). The molecule has 1 saturated carbocycles. The summed E-state index contributed by atoms with van der Waals surface area (Å²) in [6.45, 7) is 10.4. The molecular weight excluding hydrogens is 642 g/mol. The van der Waals surface area contributed by atoms with E-state index in [0.717, 1.165) is 69.4 Å². The number of fused-ring (bicyclic) bond motifs is 1. The van der Waals surface area contributed by atoms with Gasteiger partial charge in [-0.3, -0.25) is 14.5 Å². The van der Waals surface area contributed by atoms with Crippen LogP contribution in [0.2, 0.25) is 0 Å². The molecule has 14 nitrogen and oxygen atoms in total. The van der Waals surface area contributed by atoms with Crippen molar-refractivity contribution in [1.82, 2.24) is 25.1 Å². The molecule has 14 heteroatoms. The van der Waals surface area contributed by atoms with Gasteiger partial charge >= 0.3 is 6.09 Å². The summed E-state index contributed by atoms with van der Waals surface area (Å²) in [5, 5.41) is 17.9. The van der Waals surface area contributed by atoms with Gasteiger partial charge in [0.15, 0.2) is 6.79 Å². The first-order valence-electron chi connectivity index (χ1n) is 17.7. The Bertz CT molecular complexity index is 1560. The van der Waals surface area contributed by atoms with E-state index in [1.165, 1.54) is 4.90 Å². The van der Waals surface area contributed by atoms with Crippen LogP contribution in [0.4, 0.5) is 16.6 Å². The molecule has 2 saturated heterocycles. The maximum absolute atomic E-state index is 13.6. The van der Waals surface area contributed by atoms with Crippen molar-refractivity contribution in [3.05, 3.63) is 41.1 Å². The van der Waals surface area contributed by atoms with Crippen LogP contribution >= 0.6 is 0 Å². The van der Waals surface area contributed by atoms with E-state index in [4.69, 9.17) is 19.2 Å². The molecule has 0 radical (unpaired) electrons. The van der Waals surface area contributed by atoms with Gasteiger partial charge in [0.2, 0.25) is 11.9 Å². The number of rotatable bonds is 10. The number of aliphatic hydroxyl groups is 1. The first-order chi connectivity index (χ1) is 23.8. The Morgan fingerprint density at radius 3 is 2.48 bits per heavy atom. The van der Waals surface area contributed by atoms with Crippen molar-refractivity contribution < 1.29 is 33.7 Å². The SMILES string of the molecule is COCOc1ccc2c(c1)CN(C(=O)OC(C)(C)C)[C@H]([C@H](O)CNC(=O)c1cc(NC3CC4(C3)CN(C(C)=O)C4)nc(N3CCCCC3)n1)C2. The lowest BCUT2D eigenvalue weighted by Gasteiger charge is -2.59. The highest BCUT2D eigenvalue weighted by Gasteiger charge is 2.53. The number of nitrogens with zero attached hydrogens (tertiary/aromatic N) is 5. The van der Waals surface area contributed by atoms with Crippen LogP contribution in [0, 0.1) is 5.41 Å². The molecule has 0 bridgehead atoms. The van der Waals surface area contributed by atoms with Crippen LogP contribution in [0.3, 0.4) is 0 Å². The monoisotopic (exact) mass is 693 g/mol. The zero-order valence-electron chi connectivity index (χ0n) is 29.9. The summed E-state index contributed by atoms with van der Waals surface area (Å²) in [7, 11) is 1.55. The van der Waals surface area contributed by atoms with Gasteiger partial charge in [-0.2, -0.15) is 4.98 Å². The predicted molar refractivity (Wildman–Crippen MR) is 186 cm³/mol. The molecule has 3 N–H and O–H groups in total. The number of carbonyl (C=O) groups is 3. The number of anilines is 2. The van der Waals surface area contributed by atoms with E-state index in [1.54, 1.807) is 40.9 Å². The van der Waals surface area contributed by atoms with E-state index in [2.05, 4.69) is 20.5 Å². The first-order valence-corrected chi connectivity index (χ1v) is 17.7. The van der Waals surface area contributed by atoms with Gasteiger partial charge in [-0.15, -0.1) is 0 Å². The number of carbonyl (C=O) groups excluding carboxylic acids is 3. The number of amides is 3. The Labute approximate surface area is 293 Å². The van der Waals surface area contributed by atoms with E-state index in [1.807, 2.05) is 23.1 Å². The largest absolute Gasteiger partial charge is 0.468 e.